The summed E-state index contributed by atoms with van der Waals surface area (Å²) >= 11 is 0. The Bertz CT molecular complexity index is 903. The van der Waals surface area contributed by atoms with Crippen molar-refractivity contribution in [3.05, 3.63) is 41.1 Å². The van der Waals surface area contributed by atoms with Crippen molar-refractivity contribution >= 4 is 23.2 Å². The minimum atomic E-state index is -0.397. The normalized spacial score (nSPS) is 22.4. The van der Waals surface area contributed by atoms with Gasteiger partial charge in [0.2, 0.25) is 0 Å². The molecule has 7 heteroatoms. The zero-order valence-electron chi connectivity index (χ0n) is 19.7. The Morgan fingerprint density at radius 3 is 2.22 bits per heavy atom. The van der Waals surface area contributed by atoms with Crippen LogP contribution in [0.15, 0.2) is 35.5 Å². The number of Topliss-reactive ketones (excluding diaryl/α,β-unsaturated/α-hetero) is 2. The molecule has 0 radical (unpaired) electrons. The lowest BCUT2D eigenvalue weighted by atomic mass is 9.73. The molecule has 1 atom stereocenters. The Kier molecular flexibility index (Phi) is 6.79. The van der Waals surface area contributed by atoms with E-state index < -0.39 is 5.97 Å². The van der Waals surface area contributed by atoms with Gasteiger partial charge in [-0.3, -0.25) is 15.0 Å². The lowest BCUT2D eigenvalue weighted by Crippen LogP contribution is -2.42. The van der Waals surface area contributed by atoms with E-state index in [1.807, 2.05) is 34.6 Å². The quantitative estimate of drug-likeness (QED) is 0.531. The average molecular weight is 443 g/mol. The van der Waals surface area contributed by atoms with Gasteiger partial charge < -0.3 is 9.94 Å². The van der Waals surface area contributed by atoms with Crippen LogP contribution in [0.3, 0.4) is 0 Å². The Hall–Kier alpha value is -2.67. The number of nitrogens with one attached hydrogen (secondary N) is 1. The van der Waals surface area contributed by atoms with Crippen molar-refractivity contribution in [3.63, 3.8) is 0 Å². The van der Waals surface area contributed by atoms with E-state index in [4.69, 9.17) is 4.84 Å². The second-order valence-corrected chi connectivity index (χ2v) is 10.7. The van der Waals surface area contributed by atoms with E-state index in [1.165, 1.54) is 5.17 Å². The van der Waals surface area contributed by atoms with E-state index in [2.05, 4.69) is 5.43 Å². The maximum absolute atomic E-state index is 13.1. The molecule has 0 bridgehead atoms. The Labute approximate surface area is 189 Å². The molecule has 1 aliphatic heterocycles. The number of ketones is 2. The van der Waals surface area contributed by atoms with Gasteiger partial charge in [-0.1, -0.05) is 46.8 Å². The molecular formula is C25H34N2O5. The van der Waals surface area contributed by atoms with Gasteiger partial charge >= 0.3 is 5.97 Å². The fourth-order valence-electron chi connectivity index (χ4n) is 4.39. The monoisotopic (exact) mass is 442 g/mol. The zero-order valence-corrected chi connectivity index (χ0v) is 19.7. The van der Waals surface area contributed by atoms with Crippen LogP contribution in [0.2, 0.25) is 0 Å². The van der Waals surface area contributed by atoms with Gasteiger partial charge in [0, 0.05) is 12.8 Å². The number of allylic oxidation sites excluding steroid dienone is 2. The van der Waals surface area contributed by atoms with Crippen molar-refractivity contribution in [1.82, 2.24) is 5.17 Å². The molecule has 0 aromatic heterocycles. The fourth-order valence-corrected chi connectivity index (χ4v) is 4.39. The van der Waals surface area contributed by atoms with E-state index in [0.29, 0.717) is 30.6 Å². The molecule has 3 rings (SSSR count). The van der Waals surface area contributed by atoms with Crippen LogP contribution in [0.25, 0.3) is 0 Å². The van der Waals surface area contributed by atoms with E-state index in [1.54, 1.807) is 24.3 Å². The van der Waals surface area contributed by atoms with Gasteiger partial charge in [0.25, 0.3) is 0 Å². The van der Waals surface area contributed by atoms with Crippen LogP contribution in [0.4, 0.5) is 5.69 Å². The SMILES string of the molecule is CC1(C)CC(=O)C(=C2CCCC(C(C)(C)C)C(=O)ON2Nc2ccc(CO)cc2)C(=O)C1. The molecule has 174 valence electrons. The third-order valence-electron chi connectivity index (χ3n) is 6.15. The summed E-state index contributed by atoms with van der Waals surface area (Å²) in [5, 5.41) is 10.5. The number of aliphatic hydroxyl groups is 1. The number of benzene rings is 1. The molecule has 1 saturated heterocycles. The summed E-state index contributed by atoms with van der Waals surface area (Å²) in [5.41, 5.74) is 4.28. The van der Waals surface area contributed by atoms with Crippen molar-refractivity contribution in [1.29, 1.82) is 0 Å². The molecular weight excluding hydrogens is 408 g/mol. The van der Waals surface area contributed by atoms with Gasteiger partial charge in [-0.2, -0.15) is 0 Å². The summed E-state index contributed by atoms with van der Waals surface area (Å²) in [6, 6.07) is 6.99. The molecule has 0 spiro atoms. The molecule has 32 heavy (non-hydrogen) atoms. The van der Waals surface area contributed by atoms with Crippen molar-refractivity contribution in [2.45, 2.75) is 73.3 Å². The lowest BCUT2D eigenvalue weighted by molar-refractivity contribution is -0.189. The molecule has 2 fully saturated rings. The van der Waals surface area contributed by atoms with Crippen LogP contribution < -0.4 is 5.43 Å². The third-order valence-corrected chi connectivity index (χ3v) is 6.15. The molecule has 1 saturated carbocycles. The summed E-state index contributed by atoms with van der Waals surface area (Å²) in [7, 11) is 0. The molecule has 1 unspecified atom stereocenters. The number of hydrazine groups is 1. The van der Waals surface area contributed by atoms with Crippen molar-refractivity contribution < 1.29 is 24.3 Å². The van der Waals surface area contributed by atoms with Crippen molar-refractivity contribution in [3.8, 4) is 0 Å². The van der Waals surface area contributed by atoms with Crippen LogP contribution in [0.5, 0.6) is 0 Å². The maximum atomic E-state index is 13.1. The number of aliphatic hydroxyl groups excluding tert-OH is 1. The Balaban J connectivity index is 2.01. The zero-order chi connectivity index (χ0) is 23.7. The molecule has 1 aliphatic carbocycles. The number of rotatable bonds is 3. The number of hydrogen-bond donors (Lipinski definition) is 2. The summed E-state index contributed by atoms with van der Waals surface area (Å²) in [6.07, 6.45) is 2.26. The van der Waals surface area contributed by atoms with Crippen LogP contribution in [0.1, 0.15) is 72.3 Å². The first-order chi connectivity index (χ1) is 14.9. The van der Waals surface area contributed by atoms with Gasteiger partial charge in [0.15, 0.2) is 11.6 Å². The van der Waals surface area contributed by atoms with Gasteiger partial charge in [-0.25, -0.2) is 4.79 Å². The second-order valence-electron chi connectivity index (χ2n) is 10.7. The lowest BCUT2D eigenvalue weighted by Gasteiger charge is -2.37. The smallest absolute Gasteiger partial charge is 0.338 e. The highest BCUT2D eigenvalue weighted by molar-refractivity contribution is 6.22. The summed E-state index contributed by atoms with van der Waals surface area (Å²) in [5.74, 6) is -1.14. The highest BCUT2D eigenvalue weighted by atomic mass is 16.7. The minimum Gasteiger partial charge on any atom is -0.392 e. The molecule has 2 N–H and O–H groups in total. The first kappa shape index (κ1) is 24.0. The second kappa shape index (κ2) is 9.06. The summed E-state index contributed by atoms with van der Waals surface area (Å²) in [4.78, 5) is 44.9. The highest BCUT2D eigenvalue weighted by Gasteiger charge is 2.41. The number of nitrogens with zero attached hydrogens (tertiary/aromatic N) is 1. The summed E-state index contributed by atoms with van der Waals surface area (Å²) < 4.78 is 0. The first-order valence-corrected chi connectivity index (χ1v) is 11.2. The highest BCUT2D eigenvalue weighted by Crippen LogP contribution is 2.39. The minimum absolute atomic E-state index is 0.0830. The average Bonchev–Trinajstić information content (AvgIpc) is 2.66. The topological polar surface area (TPSA) is 95.9 Å². The number of carbonyl (C=O) groups is 3. The number of hydrogen-bond acceptors (Lipinski definition) is 7. The van der Waals surface area contributed by atoms with Crippen LogP contribution >= 0.6 is 0 Å². The Morgan fingerprint density at radius 1 is 1.09 bits per heavy atom. The largest absolute Gasteiger partial charge is 0.392 e. The van der Waals surface area contributed by atoms with Gasteiger partial charge in [-0.05, 0) is 47.8 Å². The summed E-state index contributed by atoms with van der Waals surface area (Å²) in [6.45, 7) is 9.75. The van der Waals surface area contributed by atoms with Crippen LogP contribution in [-0.4, -0.2) is 27.8 Å². The fraction of sp³-hybridized carbons (Fsp3) is 0.560. The molecule has 1 heterocycles. The standard InChI is InChI=1S/C25H34N2O5/c1-24(2,3)18-7-6-8-19(22-20(29)13-25(4,5)14-21(22)30)27(32-23(18)31)26-17-11-9-16(15-28)10-12-17/h9-12,18,26,28H,6-8,13-15H2,1-5H3. The molecule has 1 aromatic carbocycles. The molecule has 7 nitrogen and oxygen atoms in total. The molecule has 1 aromatic rings. The number of hydroxylamine groups is 1. The van der Waals surface area contributed by atoms with Gasteiger partial charge in [-0.15, -0.1) is 5.17 Å². The molecule has 0 amide bonds. The van der Waals surface area contributed by atoms with Crippen LogP contribution in [-0.2, 0) is 25.8 Å². The van der Waals surface area contributed by atoms with E-state index in [-0.39, 0.29) is 53.3 Å². The predicted molar refractivity (Wildman–Crippen MR) is 121 cm³/mol. The van der Waals surface area contributed by atoms with E-state index in [0.717, 1.165) is 5.56 Å². The number of anilines is 1. The van der Waals surface area contributed by atoms with E-state index in [9.17, 15) is 19.5 Å². The van der Waals surface area contributed by atoms with E-state index >= 15 is 0 Å². The van der Waals surface area contributed by atoms with Gasteiger partial charge in [0.05, 0.1) is 29.5 Å². The molecule has 2 aliphatic rings. The first-order valence-electron chi connectivity index (χ1n) is 11.2. The van der Waals surface area contributed by atoms with Gasteiger partial charge in [0.1, 0.15) is 0 Å². The Morgan fingerprint density at radius 2 is 1.69 bits per heavy atom. The number of carbonyl (C=O) groups excluding carboxylic acids is 3. The van der Waals surface area contributed by atoms with Crippen LogP contribution in [0, 0.1) is 16.7 Å². The third kappa shape index (κ3) is 5.38. The maximum Gasteiger partial charge on any atom is 0.338 e. The predicted octanol–water partition coefficient (Wildman–Crippen LogP) is 4.32. The van der Waals surface area contributed by atoms with Crippen molar-refractivity contribution in [2.75, 3.05) is 5.43 Å². The van der Waals surface area contributed by atoms with Crippen molar-refractivity contribution in [2.24, 2.45) is 16.7 Å².